The molecule has 0 atom stereocenters. The van der Waals surface area contributed by atoms with E-state index in [4.69, 9.17) is 9.47 Å². The molecule has 0 amide bonds. The number of anilines is 3. The fourth-order valence-electron chi connectivity index (χ4n) is 3.96. The second kappa shape index (κ2) is 10.1. The Hall–Kier alpha value is -3.99. The first-order valence-corrected chi connectivity index (χ1v) is 12.3. The molecule has 1 fully saturated rings. The van der Waals surface area contributed by atoms with Gasteiger partial charge in [-0.25, -0.2) is 18.2 Å². The van der Waals surface area contributed by atoms with Gasteiger partial charge in [-0.15, -0.1) is 0 Å². The van der Waals surface area contributed by atoms with E-state index in [0.717, 1.165) is 5.82 Å². The molecule has 184 valence electrons. The monoisotopic (exact) mass is 498 g/mol. The second-order valence-electron chi connectivity index (χ2n) is 7.82. The van der Waals surface area contributed by atoms with Crippen LogP contribution in [-0.2, 0) is 10.0 Å². The molecule has 1 saturated heterocycles. The van der Waals surface area contributed by atoms with Gasteiger partial charge in [0.15, 0.2) is 11.5 Å². The van der Waals surface area contributed by atoms with Crippen molar-refractivity contribution in [2.75, 3.05) is 54.9 Å². The van der Waals surface area contributed by atoms with Crippen molar-refractivity contribution in [2.24, 2.45) is 0 Å². The maximum Gasteiger partial charge on any atom is 0.337 e. The van der Waals surface area contributed by atoms with Crippen molar-refractivity contribution >= 4 is 33.2 Å². The summed E-state index contributed by atoms with van der Waals surface area (Å²) in [5.41, 5.74) is 0.698. The highest BCUT2D eigenvalue weighted by atomic mass is 32.2. The standard InChI is InChI=1S/C24H26N4O6S/c1-33-21-9-7-18(16-22(21)34-2)35(31,32)26-17-6-8-20(19(15-17)24(29)30)27-11-13-28(14-12-27)23-5-3-4-10-25-23/h3-10,15-16,26H,11-14H2,1-2H3,(H,29,30). The Labute approximate surface area is 203 Å². The fourth-order valence-corrected chi connectivity index (χ4v) is 5.03. The highest BCUT2D eigenvalue weighted by Gasteiger charge is 2.24. The smallest absolute Gasteiger partial charge is 0.337 e. The van der Waals surface area contributed by atoms with Crippen LogP contribution in [0.1, 0.15) is 10.4 Å². The minimum absolute atomic E-state index is 0.0174. The molecule has 1 aliphatic rings. The molecule has 10 nitrogen and oxygen atoms in total. The number of sulfonamides is 1. The van der Waals surface area contributed by atoms with E-state index in [1.807, 2.05) is 23.1 Å². The number of rotatable bonds is 8. The molecule has 0 saturated carbocycles. The number of aromatic nitrogens is 1. The predicted octanol–water partition coefficient (Wildman–Crippen LogP) is 2.92. The van der Waals surface area contributed by atoms with Gasteiger partial charge >= 0.3 is 5.97 Å². The molecule has 0 bridgehead atoms. The maximum atomic E-state index is 12.9. The van der Waals surface area contributed by atoms with E-state index in [0.29, 0.717) is 37.6 Å². The summed E-state index contributed by atoms with van der Waals surface area (Å²) in [6.07, 6.45) is 1.74. The van der Waals surface area contributed by atoms with E-state index >= 15 is 0 Å². The van der Waals surface area contributed by atoms with E-state index in [-0.39, 0.29) is 21.9 Å². The number of nitrogens with one attached hydrogen (secondary N) is 1. The van der Waals surface area contributed by atoms with Crippen LogP contribution in [0.5, 0.6) is 11.5 Å². The van der Waals surface area contributed by atoms with Crippen molar-refractivity contribution in [3.8, 4) is 11.5 Å². The average Bonchev–Trinajstić information content (AvgIpc) is 2.88. The molecule has 3 aromatic rings. The predicted molar refractivity (Wildman–Crippen MR) is 132 cm³/mol. The van der Waals surface area contributed by atoms with Crippen LogP contribution in [0.25, 0.3) is 0 Å². The summed E-state index contributed by atoms with van der Waals surface area (Å²) in [7, 11) is -1.13. The van der Waals surface area contributed by atoms with Gasteiger partial charge in [-0.3, -0.25) is 4.72 Å². The molecule has 2 heterocycles. The number of hydrogen-bond acceptors (Lipinski definition) is 8. The summed E-state index contributed by atoms with van der Waals surface area (Å²) >= 11 is 0. The zero-order valence-corrected chi connectivity index (χ0v) is 20.2. The minimum Gasteiger partial charge on any atom is -0.493 e. The lowest BCUT2D eigenvalue weighted by Crippen LogP contribution is -2.47. The lowest BCUT2D eigenvalue weighted by Gasteiger charge is -2.37. The van der Waals surface area contributed by atoms with Gasteiger partial charge in [0, 0.05) is 44.1 Å². The summed E-state index contributed by atoms with van der Waals surface area (Å²) in [5.74, 6) is 0.402. The normalized spacial score (nSPS) is 13.9. The van der Waals surface area contributed by atoms with Crippen molar-refractivity contribution < 1.29 is 27.8 Å². The van der Waals surface area contributed by atoms with Gasteiger partial charge in [0.25, 0.3) is 10.0 Å². The second-order valence-corrected chi connectivity index (χ2v) is 9.50. The van der Waals surface area contributed by atoms with Crippen LogP contribution in [0.2, 0.25) is 0 Å². The highest BCUT2D eigenvalue weighted by molar-refractivity contribution is 7.92. The molecule has 11 heteroatoms. The molecule has 35 heavy (non-hydrogen) atoms. The molecule has 0 unspecified atom stereocenters. The fraction of sp³-hybridized carbons (Fsp3) is 0.250. The first-order valence-electron chi connectivity index (χ1n) is 10.9. The Bertz CT molecular complexity index is 1310. The number of hydrogen-bond donors (Lipinski definition) is 2. The van der Waals surface area contributed by atoms with Crippen LogP contribution in [0.3, 0.4) is 0 Å². The minimum atomic E-state index is -3.99. The van der Waals surface area contributed by atoms with E-state index in [1.165, 1.54) is 38.5 Å². The number of methoxy groups -OCH3 is 2. The van der Waals surface area contributed by atoms with E-state index in [9.17, 15) is 18.3 Å². The molecule has 1 aliphatic heterocycles. The lowest BCUT2D eigenvalue weighted by atomic mass is 10.1. The third-order valence-electron chi connectivity index (χ3n) is 5.74. The van der Waals surface area contributed by atoms with Crippen LogP contribution in [0.4, 0.5) is 17.2 Å². The average molecular weight is 499 g/mol. The number of carboxylic acid groups (broad SMARTS) is 1. The van der Waals surface area contributed by atoms with Crippen LogP contribution < -0.4 is 24.0 Å². The van der Waals surface area contributed by atoms with Crippen molar-refractivity contribution in [1.29, 1.82) is 0 Å². The summed E-state index contributed by atoms with van der Waals surface area (Å²) in [6, 6.07) is 14.5. The van der Waals surface area contributed by atoms with Gasteiger partial charge < -0.3 is 24.4 Å². The van der Waals surface area contributed by atoms with Crippen molar-refractivity contribution in [3.05, 3.63) is 66.4 Å². The van der Waals surface area contributed by atoms with Crippen molar-refractivity contribution in [1.82, 2.24) is 4.98 Å². The van der Waals surface area contributed by atoms with Gasteiger partial charge in [-0.1, -0.05) is 6.07 Å². The number of benzene rings is 2. The Morgan fingerprint density at radius 1 is 0.943 bits per heavy atom. The van der Waals surface area contributed by atoms with E-state index in [1.54, 1.807) is 18.3 Å². The first-order chi connectivity index (χ1) is 16.8. The molecular formula is C24H26N4O6S. The Balaban J connectivity index is 1.53. The van der Waals surface area contributed by atoms with Gasteiger partial charge in [-0.2, -0.15) is 0 Å². The summed E-state index contributed by atoms with van der Waals surface area (Å²) in [4.78, 5) is 20.5. The Kier molecular flexibility index (Phi) is 6.97. The van der Waals surface area contributed by atoms with Crippen LogP contribution in [0, 0.1) is 0 Å². The lowest BCUT2D eigenvalue weighted by molar-refractivity contribution is 0.0697. The number of carbonyl (C=O) groups is 1. The number of ether oxygens (including phenoxy) is 2. The molecule has 1 aromatic heterocycles. The zero-order valence-electron chi connectivity index (χ0n) is 19.3. The maximum absolute atomic E-state index is 12.9. The van der Waals surface area contributed by atoms with Crippen LogP contribution in [0.15, 0.2) is 65.7 Å². The first kappa shape index (κ1) is 24.1. The molecular weight excluding hydrogens is 472 g/mol. The molecule has 0 aliphatic carbocycles. The molecule has 2 aromatic carbocycles. The summed E-state index contributed by atoms with van der Waals surface area (Å²) in [5, 5.41) is 9.84. The van der Waals surface area contributed by atoms with Crippen molar-refractivity contribution in [3.63, 3.8) is 0 Å². The van der Waals surface area contributed by atoms with Crippen molar-refractivity contribution in [2.45, 2.75) is 4.90 Å². The molecule has 0 radical (unpaired) electrons. The quantitative estimate of drug-likeness (QED) is 0.483. The summed E-state index contributed by atoms with van der Waals surface area (Å²) in [6.45, 7) is 2.58. The number of pyridine rings is 1. The van der Waals surface area contributed by atoms with E-state index < -0.39 is 16.0 Å². The molecule has 4 rings (SSSR count). The van der Waals surface area contributed by atoms with Crippen LogP contribution >= 0.6 is 0 Å². The third kappa shape index (κ3) is 5.24. The Morgan fingerprint density at radius 2 is 1.66 bits per heavy atom. The highest BCUT2D eigenvalue weighted by Crippen LogP contribution is 2.31. The largest absolute Gasteiger partial charge is 0.493 e. The van der Waals surface area contributed by atoms with E-state index in [2.05, 4.69) is 14.6 Å². The Morgan fingerprint density at radius 3 is 2.29 bits per heavy atom. The zero-order chi connectivity index (χ0) is 25.0. The third-order valence-corrected chi connectivity index (χ3v) is 7.12. The van der Waals surface area contributed by atoms with Gasteiger partial charge in [0.2, 0.25) is 0 Å². The SMILES string of the molecule is COc1ccc(S(=O)(=O)Nc2ccc(N3CCN(c4ccccn4)CC3)c(C(=O)O)c2)cc1OC. The molecule has 0 spiro atoms. The number of piperazine rings is 1. The number of nitrogens with zero attached hydrogens (tertiary/aromatic N) is 3. The van der Waals surface area contributed by atoms with Gasteiger partial charge in [0.1, 0.15) is 5.82 Å². The van der Waals surface area contributed by atoms with Gasteiger partial charge in [0.05, 0.1) is 30.4 Å². The number of carboxylic acids is 1. The van der Waals surface area contributed by atoms with Gasteiger partial charge in [-0.05, 0) is 42.5 Å². The van der Waals surface area contributed by atoms with Crippen LogP contribution in [-0.4, -0.2) is 64.9 Å². The topological polar surface area (TPSA) is 121 Å². The number of aromatic carboxylic acids is 1. The summed E-state index contributed by atoms with van der Waals surface area (Å²) < 4.78 is 38.7. The molecule has 2 N–H and O–H groups in total.